The van der Waals surface area contributed by atoms with Crippen molar-refractivity contribution >= 4 is 0 Å². The number of hydrogen-bond acceptors (Lipinski definition) is 5. The number of hydrogen-bond donors (Lipinski definition) is 2. The van der Waals surface area contributed by atoms with Gasteiger partial charge < -0.3 is 20.6 Å². The first-order valence-corrected chi connectivity index (χ1v) is 6.95. The van der Waals surface area contributed by atoms with Gasteiger partial charge in [0, 0.05) is 52.4 Å². The maximum Gasteiger partial charge on any atom is 0.0753 e. The zero-order chi connectivity index (χ0) is 13.6. The van der Waals surface area contributed by atoms with Crippen LogP contribution in [-0.2, 0) is 0 Å². The van der Waals surface area contributed by atoms with Crippen LogP contribution < -0.4 is 5.73 Å². The molecule has 0 radical (unpaired) electrons. The number of likely N-dealkylation sites (N-methyl/N-ethyl adjacent to an activating group) is 1. The summed E-state index contributed by atoms with van der Waals surface area (Å²) in [5.41, 5.74) is 4.82. The van der Waals surface area contributed by atoms with Gasteiger partial charge in [-0.05, 0) is 27.4 Å². The van der Waals surface area contributed by atoms with E-state index in [-0.39, 0.29) is 0 Å². The predicted molar refractivity (Wildman–Crippen MR) is 75.7 cm³/mol. The summed E-state index contributed by atoms with van der Waals surface area (Å²) >= 11 is 0. The Bertz CT molecular complexity index is 225. The molecule has 3 N–H and O–H groups in total. The molecule has 5 nitrogen and oxygen atoms in total. The summed E-state index contributed by atoms with van der Waals surface area (Å²) in [6, 6.07) is 0. The highest BCUT2D eigenvalue weighted by atomic mass is 16.3. The van der Waals surface area contributed by atoms with E-state index in [2.05, 4.69) is 28.8 Å². The van der Waals surface area contributed by atoms with E-state index in [1.165, 1.54) is 0 Å². The fourth-order valence-electron chi connectivity index (χ4n) is 2.08. The van der Waals surface area contributed by atoms with Crippen LogP contribution in [0.2, 0.25) is 0 Å². The molecule has 0 saturated carbocycles. The summed E-state index contributed by atoms with van der Waals surface area (Å²) < 4.78 is 0. The maximum atomic E-state index is 9.88. The van der Waals surface area contributed by atoms with Crippen molar-refractivity contribution in [2.45, 2.75) is 18.9 Å². The third-order valence-corrected chi connectivity index (χ3v) is 3.73. The second-order valence-corrected chi connectivity index (χ2v) is 5.94. The molecule has 18 heavy (non-hydrogen) atoms. The molecule has 0 bridgehead atoms. The van der Waals surface area contributed by atoms with Crippen molar-refractivity contribution in [3.05, 3.63) is 0 Å². The van der Waals surface area contributed by atoms with Gasteiger partial charge in [-0.3, -0.25) is 4.90 Å². The molecule has 0 spiro atoms. The van der Waals surface area contributed by atoms with E-state index in [9.17, 15) is 5.11 Å². The Balaban J connectivity index is 2.15. The lowest BCUT2D eigenvalue weighted by Crippen LogP contribution is -2.49. The Morgan fingerprint density at radius 2 is 1.61 bits per heavy atom. The summed E-state index contributed by atoms with van der Waals surface area (Å²) in [4.78, 5) is 7.17. The van der Waals surface area contributed by atoms with Crippen LogP contribution in [0, 0.1) is 0 Å². The van der Waals surface area contributed by atoms with Gasteiger partial charge in [0.15, 0.2) is 0 Å². The largest absolute Gasteiger partial charge is 0.389 e. The van der Waals surface area contributed by atoms with Crippen molar-refractivity contribution in [1.82, 2.24) is 14.7 Å². The van der Waals surface area contributed by atoms with E-state index in [0.29, 0.717) is 6.54 Å². The van der Waals surface area contributed by atoms with Crippen LogP contribution in [-0.4, -0.2) is 91.9 Å². The van der Waals surface area contributed by atoms with Gasteiger partial charge in [-0.25, -0.2) is 0 Å². The van der Waals surface area contributed by atoms with Gasteiger partial charge in [-0.1, -0.05) is 0 Å². The number of piperazine rings is 1. The first kappa shape index (κ1) is 15.9. The fraction of sp³-hybridized carbons (Fsp3) is 1.00. The normalized spacial score (nSPS) is 22.3. The van der Waals surface area contributed by atoms with E-state index in [4.69, 9.17) is 5.73 Å². The molecule has 0 aliphatic carbocycles. The molecule has 1 aliphatic heterocycles. The molecule has 1 fully saturated rings. The van der Waals surface area contributed by atoms with Crippen LogP contribution in [0.4, 0.5) is 0 Å². The molecule has 1 rings (SSSR count). The third-order valence-electron chi connectivity index (χ3n) is 3.73. The van der Waals surface area contributed by atoms with Crippen molar-refractivity contribution in [3.8, 4) is 0 Å². The van der Waals surface area contributed by atoms with Crippen LogP contribution in [0.15, 0.2) is 0 Å². The molecule has 1 heterocycles. The van der Waals surface area contributed by atoms with Crippen molar-refractivity contribution in [2.24, 2.45) is 5.73 Å². The molecule has 1 saturated heterocycles. The Morgan fingerprint density at radius 1 is 1.11 bits per heavy atom. The highest BCUT2D eigenvalue weighted by Crippen LogP contribution is 2.10. The molecule has 0 aromatic rings. The quantitative estimate of drug-likeness (QED) is 0.630. The fourth-order valence-corrected chi connectivity index (χ4v) is 2.08. The highest BCUT2D eigenvalue weighted by molar-refractivity contribution is 4.78. The van der Waals surface area contributed by atoms with Crippen LogP contribution in [0.25, 0.3) is 0 Å². The molecule has 1 unspecified atom stereocenters. The molecular weight excluding hydrogens is 228 g/mol. The number of nitrogens with zero attached hydrogens (tertiary/aromatic N) is 3. The second-order valence-electron chi connectivity index (χ2n) is 5.94. The van der Waals surface area contributed by atoms with Crippen LogP contribution in [0.3, 0.4) is 0 Å². The smallest absolute Gasteiger partial charge is 0.0753 e. The number of aliphatic hydroxyl groups is 1. The SMILES string of the molecule is CN(C)CCN1CCN(CCC(C)(O)CN)CC1. The molecule has 5 heteroatoms. The van der Waals surface area contributed by atoms with Crippen LogP contribution in [0.5, 0.6) is 0 Å². The zero-order valence-electron chi connectivity index (χ0n) is 12.2. The summed E-state index contributed by atoms with van der Waals surface area (Å²) in [5.74, 6) is 0. The first-order valence-electron chi connectivity index (χ1n) is 6.95. The van der Waals surface area contributed by atoms with E-state index in [0.717, 1.165) is 52.2 Å². The van der Waals surface area contributed by atoms with Crippen LogP contribution in [0.1, 0.15) is 13.3 Å². The highest BCUT2D eigenvalue weighted by Gasteiger charge is 2.21. The van der Waals surface area contributed by atoms with E-state index in [1.54, 1.807) is 0 Å². The van der Waals surface area contributed by atoms with Crippen molar-refractivity contribution < 1.29 is 5.11 Å². The van der Waals surface area contributed by atoms with E-state index >= 15 is 0 Å². The monoisotopic (exact) mass is 258 g/mol. The summed E-state index contributed by atoms with van der Waals surface area (Å²) in [6.07, 6.45) is 0.765. The molecule has 1 aliphatic rings. The summed E-state index contributed by atoms with van der Waals surface area (Å²) in [7, 11) is 4.23. The van der Waals surface area contributed by atoms with Crippen molar-refractivity contribution in [3.63, 3.8) is 0 Å². The van der Waals surface area contributed by atoms with Gasteiger partial charge >= 0.3 is 0 Å². The van der Waals surface area contributed by atoms with Gasteiger partial charge in [0.2, 0.25) is 0 Å². The van der Waals surface area contributed by atoms with E-state index < -0.39 is 5.60 Å². The zero-order valence-corrected chi connectivity index (χ0v) is 12.2. The first-order chi connectivity index (χ1) is 8.43. The van der Waals surface area contributed by atoms with Gasteiger partial charge in [-0.15, -0.1) is 0 Å². The lowest BCUT2D eigenvalue weighted by molar-refractivity contribution is 0.0386. The Morgan fingerprint density at radius 3 is 2.06 bits per heavy atom. The number of rotatable bonds is 7. The molecular formula is C13H30N4O. The minimum absolute atomic E-state index is 0.343. The Labute approximate surface area is 112 Å². The predicted octanol–water partition coefficient (Wildman–Crippen LogP) is -0.735. The third kappa shape index (κ3) is 6.11. The topological polar surface area (TPSA) is 56.0 Å². The minimum Gasteiger partial charge on any atom is -0.389 e. The molecule has 108 valence electrons. The molecule has 0 aromatic carbocycles. The molecule has 1 atom stereocenters. The van der Waals surface area contributed by atoms with Crippen LogP contribution >= 0.6 is 0 Å². The van der Waals surface area contributed by atoms with Gasteiger partial charge in [0.1, 0.15) is 0 Å². The summed E-state index contributed by atoms with van der Waals surface area (Å²) in [5, 5.41) is 9.88. The Hall–Kier alpha value is -0.200. The minimum atomic E-state index is -0.706. The Kier molecular flexibility index (Phi) is 6.52. The second kappa shape index (κ2) is 7.40. The molecule has 0 amide bonds. The van der Waals surface area contributed by atoms with Crippen molar-refractivity contribution in [2.75, 3.05) is 66.5 Å². The van der Waals surface area contributed by atoms with Gasteiger partial charge in [-0.2, -0.15) is 0 Å². The lowest BCUT2D eigenvalue weighted by atomic mass is 10.0. The van der Waals surface area contributed by atoms with Gasteiger partial charge in [0.25, 0.3) is 0 Å². The summed E-state index contributed by atoms with van der Waals surface area (Å²) in [6.45, 7) is 9.88. The molecule has 0 aromatic heterocycles. The van der Waals surface area contributed by atoms with Crippen molar-refractivity contribution in [1.29, 1.82) is 0 Å². The average Bonchev–Trinajstić information content (AvgIpc) is 2.35. The number of nitrogens with two attached hydrogens (primary N) is 1. The average molecular weight is 258 g/mol. The lowest BCUT2D eigenvalue weighted by Gasteiger charge is -2.36. The van der Waals surface area contributed by atoms with E-state index in [1.807, 2.05) is 6.92 Å². The maximum absolute atomic E-state index is 9.88. The standard InChI is InChI=1S/C13H30N4O/c1-13(18,12-14)4-5-16-8-10-17(11-9-16)7-6-15(2)3/h18H,4-12,14H2,1-3H3. The van der Waals surface area contributed by atoms with Gasteiger partial charge in [0.05, 0.1) is 5.60 Å².